The fourth-order valence-electron chi connectivity index (χ4n) is 0.768. The maximum absolute atomic E-state index is 11.0. The topological polar surface area (TPSA) is 66.8 Å². The first kappa shape index (κ1) is 12.0. The molecule has 13 heavy (non-hydrogen) atoms. The molecule has 0 aromatic rings. The van der Waals surface area contributed by atoms with Gasteiger partial charge in [-0.1, -0.05) is 19.8 Å². The number of hydrogen-bond acceptors (Lipinski definition) is 4. The van der Waals surface area contributed by atoms with Gasteiger partial charge < -0.3 is 14.9 Å². The number of ether oxygens (including phenoxy) is 1. The van der Waals surface area contributed by atoms with Crippen LogP contribution in [0.3, 0.4) is 0 Å². The van der Waals surface area contributed by atoms with Crippen LogP contribution in [0.2, 0.25) is 0 Å². The molecule has 4 nitrogen and oxygen atoms in total. The second kappa shape index (κ2) is 7.61. The highest BCUT2D eigenvalue weighted by molar-refractivity contribution is 5.88. The van der Waals surface area contributed by atoms with Gasteiger partial charge in [-0.3, -0.25) is 0 Å². The summed E-state index contributed by atoms with van der Waals surface area (Å²) in [5, 5.41) is 17.0. The number of aliphatic hydroxyl groups excluding tert-OH is 2. The molecule has 0 aliphatic heterocycles. The number of hydrogen-bond donors (Lipinski definition) is 2. The smallest absolute Gasteiger partial charge is 0.339 e. The van der Waals surface area contributed by atoms with Crippen LogP contribution in [0, 0.1) is 0 Å². The van der Waals surface area contributed by atoms with E-state index in [-0.39, 0.29) is 5.57 Å². The Morgan fingerprint density at radius 1 is 1.46 bits per heavy atom. The van der Waals surface area contributed by atoms with Crippen LogP contribution >= 0.6 is 0 Å². The highest BCUT2D eigenvalue weighted by Crippen LogP contribution is 1.99. The lowest BCUT2D eigenvalue weighted by atomic mass is 10.3. The fraction of sp³-hybridized carbons (Fsp3) is 0.667. The molecule has 2 N–H and O–H groups in total. The summed E-state index contributed by atoms with van der Waals surface area (Å²) in [5.74, 6) is -0.652. The minimum Gasteiger partial charge on any atom is -0.515 e. The number of esters is 1. The molecule has 4 heteroatoms. The summed E-state index contributed by atoms with van der Waals surface area (Å²) in [6.45, 7) is 1.89. The molecule has 0 unspecified atom stereocenters. The molecule has 0 aliphatic carbocycles. The van der Waals surface area contributed by atoms with Crippen molar-refractivity contribution < 1.29 is 19.7 Å². The lowest BCUT2D eigenvalue weighted by Crippen LogP contribution is -2.11. The van der Waals surface area contributed by atoms with E-state index < -0.39 is 12.6 Å². The molecule has 0 amide bonds. The van der Waals surface area contributed by atoms with E-state index in [9.17, 15) is 4.79 Å². The van der Waals surface area contributed by atoms with Crippen molar-refractivity contribution in [3.63, 3.8) is 0 Å². The normalized spacial score (nSPS) is 11.4. The van der Waals surface area contributed by atoms with Gasteiger partial charge in [0.05, 0.1) is 25.0 Å². The van der Waals surface area contributed by atoms with E-state index in [1.807, 2.05) is 0 Å². The van der Waals surface area contributed by atoms with Gasteiger partial charge in [0, 0.05) is 0 Å². The van der Waals surface area contributed by atoms with Crippen LogP contribution in [0.4, 0.5) is 0 Å². The second-order valence-corrected chi connectivity index (χ2v) is 2.66. The average molecular weight is 188 g/mol. The molecule has 0 fully saturated rings. The largest absolute Gasteiger partial charge is 0.515 e. The van der Waals surface area contributed by atoms with Crippen LogP contribution in [-0.4, -0.2) is 29.4 Å². The zero-order valence-electron chi connectivity index (χ0n) is 7.82. The maximum Gasteiger partial charge on any atom is 0.339 e. The van der Waals surface area contributed by atoms with Gasteiger partial charge in [0.1, 0.15) is 0 Å². The number of unbranched alkanes of at least 4 members (excludes halogenated alkanes) is 2. The van der Waals surface area contributed by atoms with Crippen molar-refractivity contribution in [2.75, 3.05) is 13.2 Å². The average Bonchev–Trinajstić information content (AvgIpc) is 2.14. The third kappa shape index (κ3) is 5.25. The van der Waals surface area contributed by atoms with Crippen molar-refractivity contribution in [1.29, 1.82) is 0 Å². The van der Waals surface area contributed by atoms with E-state index >= 15 is 0 Å². The zero-order valence-corrected chi connectivity index (χ0v) is 7.82. The van der Waals surface area contributed by atoms with Crippen LogP contribution in [0.25, 0.3) is 0 Å². The van der Waals surface area contributed by atoms with E-state index in [2.05, 4.69) is 6.92 Å². The molecule has 0 saturated carbocycles. The highest BCUT2D eigenvalue weighted by atomic mass is 16.5. The molecule has 0 spiro atoms. The molecular weight excluding hydrogens is 172 g/mol. The highest BCUT2D eigenvalue weighted by Gasteiger charge is 2.08. The second-order valence-electron chi connectivity index (χ2n) is 2.66. The molecule has 0 radical (unpaired) electrons. The Kier molecular flexibility index (Phi) is 7.01. The van der Waals surface area contributed by atoms with Crippen molar-refractivity contribution in [2.24, 2.45) is 0 Å². The van der Waals surface area contributed by atoms with Crippen LogP contribution in [-0.2, 0) is 9.53 Å². The van der Waals surface area contributed by atoms with Gasteiger partial charge in [-0.05, 0) is 6.42 Å². The Hall–Kier alpha value is -1.03. The van der Waals surface area contributed by atoms with E-state index in [4.69, 9.17) is 14.9 Å². The predicted molar refractivity (Wildman–Crippen MR) is 48.3 cm³/mol. The minimum absolute atomic E-state index is 0.114. The van der Waals surface area contributed by atoms with Gasteiger partial charge in [0.2, 0.25) is 0 Å². The summed E-state index contributed by atoms with van der Waals surface area (Å²) in [4.78, 5) is 11.0. The van der Waals surface area contributed by atoms with E-state index in [1.165, 1.54) is 0 Å². The number of carbonyl (C=O) groups excluding carboxylic acids is 1. The Bertz CT molecular complexity index is 174. The molecule has 0 rings (SSSR count). The Labute approximate surface area is 77.8 Å². The first-order chi connectivity index (χ1) is 6.26. The van der Waals surface area contributed by atoms with Gasteiger partial charge in [0.25, 0.3) is 0 Å². The van der Waals surface area contributed by atoms with Crippen LogP contribution < -0.4 is 0 Å². The Morgan fingerprint density at radius 3 is 2.62 bits per heavy atom. The standard InChI is InChI=1S/C9H16O4/c1-2-3-4-5-13-9(12)8(6-10)7-11/h6,10-11H,2-5,7H2,1H3/b8-6+. The predicted octanol–water partition coefficient (Wildman–Crippen LogP) is 1.15. The molecule has 0 aromatic carbocycles. The quantitative estimate of drug-likeness (QED) is 0.284. The van der Waals surface area contributed by atoms with Gasteiger partial charge in [0.15, 0.2) is 0 Å². The number of carbonyl (C=O) groups is 1. The Morgan fingerprint density at radius 2 is 2.15 bits per heavy atom. The van der Waals surface area contributed by atoms with Crippen LogP contribution in [0.5, 0.6) is 0 Å². The lowest BCUT2D eigenvalue weighted by molar-refractivity contribution is -0.139. The minimum atomic E-state index is -0.652. The number of aliphatic hydroxyl groups is 2. The SMILES string of the molecule is CCCCCOC(=O)/C(=C/O)CO. The molecule has 0 atom stereocenters. The van der Waals surface area contributed by atoms with Gasteiger partial charge in [-0.2, -0.15) is 0 Å². The molecule has 0 aromatic heterocycles. The summed E-state index contributed by atoms with van der Waals surface area (Å²) in [6, 6.07) is 0. The van der Waals surface area contributed by atoms with Crippen molar-refractivity contribution in [3.05, 3.63) is 11.8 Å². The van der Waals surface area contributed by atoms with Crippen molar-refractivity contribution in [3.8, 4) is 0 Å². The molecule has 0 saturated heterocycles. The Balaban J connectivity index is 3.61. The van der Waals surface area contributed by atoms with E-state index in [0.29, 0.717) is 12.9 Å². The van der Waals surface area contributed by atoms with Crippen molar-refractivity contribution >= 4 is 5.97 Å². The van der Waals surface area contributed by atoms with E-state index in [1.54, 1.807) is 0 Å². The summed E-state index contributed by atoms with van der Waals surface area (Å²) in [7, 11) is 0. The summed E-state index contributed by atoms with van der Waals surface area (Å²) < 4.78 is 4.76. The van der Waals surface area contributed by atoms with Gasteiger partial charge >= 0.3 is 5.97 Å². The van der Waals surface area contributed by atoms with Crippen LogP contribution in [0.1, 0.15) is 26.2 Å². The summed E-state index contributed by atoms with van der Waals surface area (Å²) in [6.07, 6.45) is 3.44. The van der Waals surface area contributed by atoms with Crippen molar-refractivity contribution in [1.82, 2.24) is 0 Å². The van der Waals surface area contributed by atoms with Gasteiger partial charge in [-0.25, -0.2) is 4.79 Å². The monoisotopic (exact) mass is 188 g/mol. The zero-order chi connectivity index (χ0) is 10.1. The first-order valence-corrected chi connectivity index (χ1v) is 4.37. The summed E-state index contributed by atoms with van der Waals surface area (Å²) >= 11 is 0. The molecule has 0 aliphatic rings. The fourth-order valence-corrected chi connectivity index (χ4v) is 0.768. The van der Waals surface area contributed by atoms with Gasteiger partial charge in [-0.15, -0.1) is 0 Å². The number of rotatable bonds is 6. The maximum atomic E-state index is 11.0. The third-order valence-electron chi connectivity index (χ3n) is 1.57. The summed E-state index contributed by atoms with van der Waals surface area (Å²) in [5.41, 5.74) is -0.114. The van der Waals surface area contributed by atoms with E-state index in [0.717, 1.165) is 19.3 Å². The lowest BCUT2D eigenvalue weighted by Gasteiger charge is -2.04. The van der Waals surface area contributed by atoms with Crippen LogP contribution in [0.15, 0.2) is 11.8 Å². The first-order valence-electron chi connectivity index (χ1n) is 4.37. The molecule has 0 bridgehead atoms. The molecule has 76 valence electrons. The third-order valence-corrected chi connectivity index (χ3v) is 1.57. The molecular formula is C9H16O4. The molecule has 0 heterocycles. The van der Waals surface area contributed by atoms with Crippen molar-refractivity contribution in [2.45, 2.75) is 26.2 Å².